The van der Waals surface area contributed by atoms with Crippen molar-refractivity contribution in [2.24, 2.45) is 11.1 Å². The van der Waals surface area contributed by atoms with Crippen molar-refractivity contribution < 1.29 is 8.42 Å². The Hall–Kier alpha value is -0.920. The Balaban J connectivity index is 2.94. The summed E-state index contributed by atoms with van der Waals surface area (Å²) in [4.78, 5) is 3.94. The van der Waals surface area contributed by atoms with E-state index in [1.807, 2.05) is 27.7 Å². The zero-order chi connectivity index (χ0) is 14.7. The molecule has 0 amide bonds. The lowest BCUT2D eigenvalue weighted by Crippen LogP contribution is -2.44. The van der Waals surface area contributed by atoms with Gasteiger partial charge in [-0.05, 0) is 25.3 Å². The molecule has 0 aliphatic rings. The molecular formula is C12H24N4O2S. The van der Waals surface area contributed by atoms with E-state index in [-0.39, 0.29) is 16.5 Å². The number of hydrogen-bond acceptors (Lipinski definition) is 4. The molecule has 0 aliphatic heterocycles. The number of hydrogen-bond donors (Lipinski definition) is 2. The first-order valence-corrected chi connectivity index (χ1v) is 7.93. The molecule has 3 N–H and O–H groups in total. The van der Waals surface area contributed by atoms with Gasteiger partial charge in [-0.15, -0.1) is 0 Å². The number of rotatable bonds is 6. The van der Waals surface area contributed by atoms with Gasteiger partial charge in [0.05, 0.1) is 6.33 Å². The summed E-state index contributed by atoms with van der Waals surface area (Å²) in [5, 5.41) is 0.0561. The maximum absolute atomic E-state index is 12.3. The van der Waals surface area contributed by atoms with Gasteiger partial charge < -0.3 is 10.3 Å². The molecule has 110 valence electrons. The van der Waals surface area contributed by atoms with Gasteiger partial charge in [0.1, 0.15) is 0 Å². The summed E-state index contributed by atoms with van der Waals surface area (Å²) in [6.07, 6.45) is 3.64. The van der Waals surface area contributed by atoms with E-state index < -0.39 is 10.0 Å². The molecule has 0 bridgehead atoms. The van der Waals surface area contributed by atoms with Crippen LogP contribution in [0.1, 0.15) is 34.1 Å². The van der Waals surface area contributed by atoms with E-state index >= 15 is 0 Å². The quantitative estimate of drug-likeness (QED) is 0.815. The highest BCUT2D eigenvalue weighted by Crippen LogP contribution is 2.23. The number of sulfonamides is 1. The SMILES string of the molecule is CCn1cnc(S(=O)(=O)NC(CCN)C(C)(C)C)c1. The molecule has 0 aliphatic carbocycles. The fraction of sp³-hybridized carbons (Fsp3) is 0.750. The van der Waals surface area contributed by atoms with Crippen molar-refractivity contribution in [3.05, 3.63) is 12.5 Å². The van der Waals surface area contributed by atoms with Crippen LogP contribution >= 0.6 is 0 Å². The molecule has 0 fully saturated rings. The van der Waals surface area contributed by atoms with Gasteiger partial charge in [-0.1, -0.05) is 20.8 Å². The first-order chi connectivity index (χ1) is 8.70. The Kier molecular flexibility index (Phi) is 5.11. The smallest absolute Gasteiger partial charge is 0.259 e. The number of imidazole rings is 1. The molecule has 6 nitrogen and oxygen atoms in total. The minimum Gasteiger partial charge on any atom is -0.336 e. The molecule has 19 heavy (non-hydrogen) atoms. The van der Waals surface area contributed by atoms with E-state index in [4.69, 9.17) is 5.73 Å². The molecule has 0 saturated carbocycles. The molecule has 1 rings (SSSR count). The van der Waals surface area contributed by atoms with Crippen LogP contribution in [0.4, 0.5) is 0 Å². The predicted octanol–water partition coefficient (Wildman–Crippen LogP) is 0.945. The Bertz CT molecular complexity index is 502. The summed E-state index contributed by atoms with van der Waals surface area (Å²) in [6.45, 7) is 9.02. The standard InChI is InChI=1S/C12H24N4O2S/c1-5-16-8-11(14-9-16)19(17,18)15-10(6-7-13)12(2,3)4/h8-10,15H,5-7,13H2,1-4H3. The number of nitrogens with two attached hydrogens (primary N) is 1. The lowest BCUT2D eigenvalue weighted by Gasteiger charge is -2.30. The second-order valence-corrected chi connectivity index (χ2v) is 7.32. The molecule has 0 spiro atoms. The Labute approximate surface area is 115 Å². The molecule has 1 heterocycles. The zero-order valence-corrected chi connectivity index (χ0v) is 12.9. The summed E-state index contributed by atoms with van der Waals surface area (Å²) in [7, 11) is -3.59. The van der Waals surface area contributed by atoms with Gasteiger partial charge in [0.25, 0.3) is 10.0 Å². The number of nitrogens with zero attached hydrogens (tertiary/aromatic N) is 2. The van der Waals surface area contributed by atoms with Gasteiger partial charge in [-0.3, -0.25) is 0 Å². The molecule has 0 saturated heterocycles. The maximum atomic E-state index is 12.3. The minimum atomic E-state index is -3.59. The van der Waals surface area contributed by atoms with E-state index in [1.54, 1.807) is 4.57 Å². The van der Waals surface area contributed by atoms with Crippen molar-refractivity contribution in [1.29, 1.82) is 0 Å². The fourth-order valence-electron chi connectivity index (χ4n) is 1.73. The third-order valence-corrected chi connectivity index (χ3v) is 4.40. The van der Waals surface area contributed by atoms with Gasteiger partial charge in [-0.25, -0.2) is 18.1 Å². The van der Waals surface area contributed by atoms with E-state index in [2.05, 4.69) is 9.71 Å². The van der Waals surface area contributed by atoms with Crippen molar-refractivity contribution in [1.82, 2.24) is 14.3 Å². The zero-order valence-electron chi connectivity index (χ0n) is 12.0. The summed E-state index contributed by atoms with van der Waals surface area (Å²) in [5.41, 5.74) is 5.36. The fourth-order valence-corrected chi connectivity index (χ4v) is 3.16. The first-order valence-electron chi connectivity index (χ1n) is 6.45. The monoisotopic (exact) mass is 288 g/mol. The van der Waals surface area contributed by atoms with Gasteiger partial charge >= 0.3 is 0 Å². The largest absolute Gasteiger partial charge is 0.336 e. The van der Waals surface area contributed by atoms with Crippen LogP contribution in [0.15, 0.2) is 17.6 Å². The van der Waals surface area contributed by atoms with Crippen LogP contribution in [0.5, 0.6) is 0 Å². The highest BCUT2D eigenvalue weighted by Gasteiger charge is 2.29. The molecule has 7 heteroatoms. The van der Waals surface area contributed by atoms with Gasteiger partial charge in [0.2, 0.25) is 0 Å². The van der Waals surface area contributed by atoms with Crippen LogP contribution in [-0.2, 0) is 16.6 Å². The summed E-state index contributed by atoms with van der Waals surface area (Å²) in [5.74, 6) is 0. The summed E-state index contributed by atoms with van der Waals surface area (Å²) in [6, 6.07) is -0.214. The van der Waals surface area contributed by atoms with Crippen molar-refractivity contribution >= 4 is 10.0 Å². The second-order valence-electron chi connectivity index (χ2n) is 5.66. The van der Waals surface area contributed by atoms with Gasteiger partial charge in [0.15, 0.2) is 5.03 Å². The van der Waals surface area contributed by atoms with Crippen LogP contribution in [0, 0.1) is 5.41 Å². The Morgan fingerprint density at radius 2 is 2.11 bits per heavy atom. The number of nitrogens with one attached hydrogen (secondary N) is 1. The van der Waals surface area contributed by atoms with Crippen LogP contribution in [0.25, 0.3) is 0 Å². The summed E-state index contributed by atoms with van der Waals surface area (Å²) < 4.78 is 29.0. The van der Waals surface area contributed by atoms with Crippen LogP contribution < -0.4 is 10.5 Å². The van der Waals surface area contributed by atoms with Gasteiger partial charge in [0, 0.05) is 18.8 Å². The first kappa shape index (κ1) is 16.1. The highest BCUT2D eigenvalue weighted by molar-refractivity contribution is 7.89. The van der Waals surface area contributed by atoms with Crippen molar-refractivity contribution in [3.8, 4) is 0 Å². The lowest BCUT2D eigenvalue weighted by atomic mass is 9.85. The third kappa shape index (κ3) is 4.29. The average molecular weight is 288 g/mol. The van der Waals surface area contributed by atoms with Crippen molar-refractivity contribution in [2.75, 3.05) is 6.54 Å². The number of aromatic nitrogens is 2. The molecular weight excluding hydrogens is 264 g/mol. The molecule has 0 aromatic carbocycles. The van der Waals surface area contributed by atoms with Crippen LogP contribution in [0.2, 0.25) is 0 Å². The highest BCUT2D eigenvalue weighted by atomic mass is 32.2. The molecule has 1 aromatic rings. The van der Waals surface area contributed by atoms with Gasteiger partial charge in [-0.2, -0.15) is 0 Å². The minimum absolute atomic E-state index is 0.0561. The van der Waals surface area contributed by atoms with E-state index in [9.17, 15) is 8.42 Å². The third-order valence-electron chi connectivity index (χ3n) is 3.05. The van der Waals surface area contributed by atoms with Crippen LogP contribution in [0.3, 0.4) is 0 Å². The average Bonchev–Trinajstić information content (AvgIpc) is 2.76. The normalized spacial score (nSPS) is 14.6. The molecule has 1 atom stereocenters. The van der Waals surface area contributed by atoms with Crippen molar-refractivity contribution in [3.63, 3.8) is 0 Å². The summed E-state index contributed by atoms with van der Waals surface area (Å²) >= 11 is 0. The lowest BCUT2D eigenvalue weighted by molar-refractivity contribution is 0.287. The molecule has 1 unspecified atom stereocenters. The van der Waals surface area contributed by atoms with Crippen LogP contribution in [-0.4, -0.2) is 30.6 Å². The number of aryl methyl sites for hydroxylation is 1. The molecule has 1 aromatic heterocycles. The van der Waals surface area contributed by atoms with E-state index in [0.717, 1.165) is 0 Å². The molecule has 0 radical (unpaired) electrons. The van der Waals surface area contributed by atoms with Crippen molar-refractivity contribution in [2.45, 2.75) is 51.7 Å². The Morgan fingerprint density at radius 3 is 2.53 bits per heavy atom. The van der Waals surface area contributed by atoms with E-state index in [0.29, 0.717) is 19.5 Å². The second kappa shape index (κ2) is 6.02. The van der Waals surface area contributed by atoms with E-state index in [1.165, 1.54) is 12.5 Å². The predicted molar refractivity (Wildman–Crippen MR) is 75.1 cm³/mol. The maximum Gasteiger partial charge on any atom is 0.259 e. The topological polar surface area (TPSA) is 90.0 Å². The Morgan fingerprint density at radius 1 is 1.47 bits per heavy atom.